The number of likely N-dealkylation sites (tertiary alicyclic amines) is 1. The van der Waals surface area contributed by atoms with Crippen LogP contribution in [0.5, 0.6) is 0 Å². The molecule has 1 N–H and O–H groups in total. The number of carbonyl (C=O) groups excluding carboxylic acids is 1. The molecular formula is C16H24N2OS. The predicted molar refractivity (Wildman–Crippen MR) is 86.4 cm³/mol. The van der Waals surface area contributed by atoms with Gasteiger partial charge in [-0.2, -0.15) is 0 Å². The standard InChI is InChI=1S/C16H24N2OS/c1-3-14-8-4-5-10-18(14)12-16(19)17-13-7-6-9-15(11-13)20-2/h6-7,9,11,14H,3-5,8,10,12H2,1-2H3,(H,17,19). The Kier molecular flexibility index (Phi) is 5.92. The van der Waals surface area contributed by atoms with Crippen LogP contribution in [0.25, 0.3) is 0 Å². The van der Waals surface area contributed by atoms with Crippen LogP contribution in [0.4, 0.5) is 5.69 Å². The number of carbonyl (C=O) groups is 1. The first-order valence-electron chi connectivity index (χ1n) is 7.41. The van der Waals surface area contributed by atoms with Gasteiger partial charge in [-0.1, -0.05) is 19.4 Å². The predicted octanol–water partition coefficient (Wildman–Crippen LogP) is 3.61. The summed E-state index contributed by atoms with van der Waals surface area (Å²) >= 11 is 1.69. The second kappa shape index (κ2) is 7.70. The summed E-state index contributed by atoms with van der Waals surface area (Å²) in [7, 11) is 0. The van der Waals surface area contributed by atoms with Crippen molar-refractivity contribution >= 4 is 23.4 Å². The highest BCUT2D eigenvalue weighted by Gasteiger charge is 2.22. The number of amides is 1. The van der Waals surface area contributed by atoms with Crippen LogP contribution in [0.15, 0.2) is 29.2 Å². The first-order chi connectivity index (χ1) is 9.72. The molecule has 0 spiro atoms. The highest BCUT2D eigenvalue weighted by atomic mass is 32.2. The molecule has 1 unspecified atom stereocenters. The molecule has 1 amide bonds. The molecule has 1 aromatic rings. The van der Waals surface area contributed by atoms with Crippen LogP contribution in [-0.2, 0) is 4.79 Å². The van der Waals surface area contributed by atoms with Gasteiger partial charge in [-0.3, -0.25) is 9.69 Å². The van der Waals surface area contributed by atoms with E-state index in [4.69, 9.17) is 0 Å². The van der Waals surface area contributed by atoms with Crippen molar-refractivity contribution in [2.45, 2.75) is 43.5 Å². The second-order valence-corrected chi connectivity index (χ2v) is 6.19. The largest absolute Gasteiger partial charge is 0.325 e. The van der Waals surface area contributed by atoms with Crippen molar-refractivity contribution in [1.29, 1.82) is 0 Å². The normalized spacial score (nSPS) is 19.8. The van der Waals surface area contributed by atoms with Crippen molar-refractivity contribution < 1.29 is 4.79 Å². The zero-order chi connectivity index (χ0) is 14.4. The van der Waals surface area contributed by atoms with Crippen LogP contribution in [0.3, 0.4) is 0 Å². The van der Waals surface area contributed by atoms with Gasteiger partial charge in [0.05, 0.1) is 6.54 Å². The number of hydrogen-bond acceptors (Lipinski definition) is 3. The van der Waals surface area contributed by atoms with Gasteiger partial charge in [-0.15, -0.1) is 11.8 Å². The Morgan fingerprint density at radius 1 is 1.45 bits per heavy atom. The molecule has 1 atom stereocenters. The summed E-state index contributed by atoms with van der Waals surface area (Å²) in [5.74, 6) is 0.101. The first-order valence-corrected chi connectivity index (χ1v) is 8.63. The first kappa shape index (κ1) is 15.4. The molecule has 0 aromatic heterocycles. The molecule has 110 valence electrons. The van der Waals surface area contributed by atoms with E-state index < -0.39 is 0 Å². The number of benzene rings is 1. The van der Waals surface area contributed by atoms with E-state index in [1.165, 1.54) is 24.2 Å². The molecule has 4 heteroatoms. The van der Waals surface area contributed by atoms with Gasteiger partial charge in [0.1, 0.15) is 0 Å². The Morgan fingerprint density at radius 2 is 2.30 bits per heavy atom. The molecule has 1 aliphatic heterocycles. The summed E-state index contributed by atoms with van der Waals surface area (Å²) in [6.07, 6.45) is 6.92. The van der Waals surface area contributed by atoms with Crippen LogP contribution in [0.1, 0.15) is 32.6 Å². The van der Waals surface area contributed by atoms with Crippen LogP contribution >= 0.6 is 11.8 Å². The molecule has 0 bridgehead atoms. The lowest BCUT2D eigenvalue weighted by molar-refractivity contribution is -0.118. The third-order valence-electron chi connectivity index (χ3n) is 3.92. The summed E-state index contributed by atoms with van der Waals surface area (Å²) in [4.78, 5) is 15.7. The third-order valence-corrected chi connectivity index (χ3v) is 4.65. The van der Waals surface area contributed by atoms with Gasteiger partial charge in [-0.05, 0) is 50.3 Å². The maximum atomic E-state index is 12.2. The van der Waals surface area contributed by atoms with E-state index in [1.54, 1.807) is 11.8 Å². The average Bonchev–Trinajstić information content (AvgIpc) is 2.48. The molecular weight excluding hydrogens is 268 g/mol. The van der Waals surface area contributed by atoms with Gasteiger partial charge in [0.2, 0.25) is 5.91 Å². The van der Waals surface area contributed by atoms with E-state index in [9.17, 15) is 4.79 Å². The minimum Gasteiger partial charge on any atom is -0.325 e. The Hall–Kier alpha value is -1.00. The zero-order valence-electron chi connectivity index (χ0n) is 12.4. The maximum absolute atomic E-state index is 12.2. The van der Waals surface area contributed by atoms with Crippen LogP contribution < -0.4 is 5.32 Å². The fourth-order valence-electron chi connectivity index (χ4n) is 2.82. The number of piperidine rings is 1. The van der Waals surface area contributed by atoms with E-state index in [-0.39, 0.29) is 5.91 Å². The summed E-state index contributed by atoms with van der Waals surface area (Å²) in [5.41, 5.74) is 0.895. The summed E-state index contributed by atoms with van der Waals surface area (Å²) < 4.78 is 0. The fraction of sp³-hybridized carbons (Fsp3) is 0.562. The molecule has 0 radical (unpaired) electrons. The number of nitrogens with one attached hydrogen (secondary N) is 1. The Labute approximate surface area is 126 Å². The average molecular weight is 292 g/mol. The topological polar surface area (TPSA) is 32.3 Å². The van der Waals surface area contributed by atoms with E-state index in [2.05, 4.69) is 23.2 Å². The summed E-state index contributed by atoms with van der Waals surface area (Å²) in [6.45, 7) is 3.78. The molecule has 1 fully saturated rings. The molecule has 0 saturated carbocycles. The van der Waals surface area contributed by atoms with Crippen LogP contribution in [0.2, 0.25) is 0 Å². The quantitative estimate of drug-likeness (QED) is 0.841. The number of anilines is 1. The molecule has 1 heterocycles. The van der Waals surface area contributed by atoms with Crippen molar-refractivity contribution in [1.82, 2.24) is 4.90 Å². The third kappa shape index (κ3) is 4.25. The van der Waals surface area contributed by atoms with E-state index in [0.29, 0.717) is 12.6 Å². The van der Waals surface area contributed by atoms with Gasteiger partial charge < -0.3 is 5.32 Å². The zero-order valence-corrected chi connectivity index (χ0v) is 13.2. The SMILES string of the molecule is CCC1CCCCN1CC(=O)Nc1cccc(SC)c1. The number of thioether (sulfide) groups is 1. The van der Waals surface area contributed by atoms with Crippen molar-refractivity contribution in [3.05, 3.63) is 24.3 Å². The van der Waals surface area contributed by atoms with Crippen molar-refractivity contribution in [3.8, 4) is 0 Å². The highest BCUT2D eigenvalue weighted by Crippen LogP contribution is 2.21. The van der Waals surface area contributed by atoms with E-state index in [1.807, 2.05) is 24.5 Å². The number of nitrogens with zero attached hydrogens (tertiary/aromatic N) is 1. The smallest absolute Gasteiger partial charge is 0.238 e. The van der Waals surface area contributed by atoms with Crippen LogP contribution in [-0.4, -0.2) is 36.2 Å². The minimum absolute atomic E-state index is 0.101. The Morgan fingerprint density at radius 3 is 3.05 bits per heavy atom. The lowest BCUT2D eigenvalue weighted by atomic mass is 10.00. The molecule has 1 aliphatic rings. The van der Waals surface area contributed by atoms with Crippen molar-refractivity contribution in [3.63, 3.8) is 0 Å². The summed E-state index contributed by atoms with van der Waals surface area (Å²) in [5, 5.41) is 3.01. The molecule has 0 aliphatic carbocycles. The number of hydrogen-bond donors (Lipinski definition) is 1. The van der Waals surface area contributed by atoms with Crippen LogP contribution in [0, 0.1) is 0 Å². The number of rotatable bonds is 5. The lowest BCUT2D eigenvalue weighted by Gasteiger charge is -2.34. The van der Waals surface area contributed by atoms with Crippen molar-refractivity contribution in [2.75, 3.05) is 24.7 Å². The van der Waals surface area contributed by atoms with Gasteiger partial charge in [0.15, 0.2) is 0 Å². The maximum Gasteiger partial charge on any atom is 0.238 e. The molecule has 20 heavy (non-hydrogen) atoms. The Bertz CT molecular complexity index is 450. The van der Waals surface area contributed by atoms with E-state index in [0.717, 1.165) is 18.7 Å². The molecule has 3 nitrogen and oxygen atoms in total. The molecule has 1 saturated heterocycles. The second-order valence-electron chi connectivity index (χ2n) is 5.31. The van der Waals surface area contributed by atoms with Crippen molar-refractivity contribution in [2.24, 2.45) is 0 Å². The van der Waals surface area contributed by atoms with Gasteiger partial charge in [0.25, 0.3) is 0 Å². The highest BCUT2D eigenvalue weighted by molar-refractivity contribution is 7.98. The monoisotopic (exact) mass is 292 g/mol. The van der Waals surface area contributed by atoms with Gasteiger partial charge in [-0.25, -0.2) is 0 Å². The lowest BCUT2D eigenvalue weighted by Crippen LogP contribution is -2.43. The van der Waals surface area contributed by atoms with Gasteiger partial charge >= 0.3 is 0 Å². The fourth-order valence-corrected chi connectivity index (χ4v) is 3.28. The van der Waals surface area contributed by atoms with E-state index >= 15 is 0 Å². The molecule has 1 aromatic carbocycles. The summed E-state index contributed by atoms with van der Waals surface area (Å²) in [6, 6.07) is 8.59. The van der Waals surface area contributed by atoms with Gasteiger partial charge in [0, 0.05) is 16.6 Å². The Balaban J connectivity index is 1.90. The minimum atomic E-state index is 0.101. The molecule has 2 rings (SSSR count).